The first-order chi connectivity index (χ1) is 19.4. The molecule has 6 rings (SSSR count). The standard InChI is InChI=1S/C33H42ClNO5/c1-38-31(22-5-3-7-26(36)16-22)27-11-8-24(27)18-35-19-33(14-4-6-21-15-25(34)10-12-28(21)33)20-40-30-13-9-23(17-29(30)35)32(37)39-2/h9-10,12-13,15,17,22,24,26-27,31,36H,3-8,11,14,16,18-20H2,1-2H3/t22-,24+,26+,27-,31+,33?/m1/s1. The fourth-order valence-electron chi connectivity index (χ4n) is 8.11. The molecule has 7 heteroatoms. The monoisotopic (exact) mass is 567 g/mol. The summed E-state index contributed by atoms with van der Waals surface area (Å²) in [4.78, 5) is 15.0. The van der Waals surface area contributed by atoms with Gasteiger partial charge in [-0.3, -0.25) is 0 Å². The van der Waals surface area contributed by atoms with Gasteiger partial charge in [-0.2, -0.15) is 0 Å². The molecule has 0 aromatic heterocycles. The Morgan fingerprint density at radius 2 is 2.02 bits per heavy atom. The third-order valence-electron chi connectivity index (χ3n) is 10.2. The van der Waals surface area contributed by atoms with Crippen LogP contribution in [-0.4, -0.2) is 57.2 Å². The van der Waals surface area contributed by atoms with E-state index in [2.05, 4.69) is 17.0 Å². The zero-order valence-corrected chi connectivity index (χ0v) is 24.5. The van der Waals surface area contributed by atoms with Crippen LogP contribution < -0.4 is 9.64 Å². The van der Waals surface area contributed by atoms with E-state index >= 15 is 0 Å². The van der Waals surface area contributed by atoms with E-state index in [1.54, 1.807) is 6.07 Å². The van der Waals surface area contributed by atoms with Crippen LogP contribution in [0.3, 0.4) is 0 Å². The third kappa shape index (κ3) is 5.23. The quantitative estimate of drug-likeness (QED) is 0.420. The molecule has 216 valence electrons. The normalized spacial score (nSPS) is 30.4. The molecule has 0 bridgehead atoms. The van der Waals surface area contributed by atoms with Gasteiger partial charge in [0.25, 0.3) is 0 Å². The molecule has 0 radical (unpaired) electrons. The number of methoxy groups -OCH3 is 2. The Kier molecular flexibility index (Phi) is 8.04. The summed E-state index contributed by atoms with van der Waals surface area (Å²) < 4.78 is 17.8. The van der Waals surface area contributed by atoms with Gasteiger partial charge in [-0.05, 0) is 111 Å². The van der Waals surface area contributed by atoms with E-state index in [1.807, 2.05) is 25.3 Å². The second-order valence-electron chi connectivity index (χ2n) is 12.6. The summed E-state index contributed by atoms with van der Waals surface area (Å²) in [5.41, 5.74) is 4.01. The Morgan fingerprint density at radius 1 is 1.15 bits per heavy atom. The van der Waals surface area contributed by atoms with E-state index in [9.17, 15) is 9.90 Å². The summed E-state index contributed by atoms with van der Waals surface area (Å²) >= 11 is 6.41. The number of carbonyl (C=O) groups excluding carboxylic acids is 1. The molecule has 0 amide bonds. The van der Waals surface area contributed by atoms with Crippen molar-refractivity contribution in [1.82, 2.24) is 0 Å². The van der Waals surface area contributed by atoms with Gasteiger partial charge in [-0.25, -0.2) is 4.79 Å². The molecule has 2 fully saturated rings. The molecule has 40 heavy (non-hydrogen) atoms. The van der Waals surface area contributed by atoms with Crippen LogP contribution in [-0.2, 0) is 21.3 Å². The number of rotatable bonds is 6. The Labute approximate surface area is 242 Å². The second kappa shape index (κ2) is 11.5. The lowest BCUT2D eigenvalue weighted by Gasteiger charge is -2.48. The van der Waals surface area contributed by atoms with E-state index in [-0.39, 0.29) is 23.6 Å². The largest absolute Gasteiger partial charge is 0.490 e. The fourth-order valence-corrected chi connectivity index (χ4v) is 8.31. The minimum atomic E-state index is -0.337. The molecule has 2 aromatic rings. The van der Waals surface area contributed by atoms with Gasteiger partial charge in [0.2, 0.25) is 0 Å². The number of carbonyl (C=O) groups is 1. The molecular weight excluding hydrogens is 526 g/mol. The topological polar surface area (TPSA) is 68.2 Å². The number of aliphatic hydroxyl groups is 1. The first-order valence-electron chi connectivity index (χ1n) is 15.0. The molecule has 1 spiro atoms. The molecule has 0 saturated heterocycles. The van der Waals surface area contributed by atoms with Crippen LogP contribution in [0.15, 0.2) is 36.4 Å². The molecule has 3 aliphatic carbocycles. The highest BCUT2D eigenvalue weighted by molar-refractivity contribution is 6.30. The van der Waals surface area contributed by atoms with Crippen molar-refractivity contribution in [3.05, 3.63) is 58.1 Å². The zero-order valence-electron chi connectivity index (χ0n) is 23.7. The fraction of sp³-hybridized carbons (Fsp3) is 0.606. The summed E-state index contributed by atoms with van der Waals surface area (Å²) in [5, 5.41) is 11.2. The van der Waals surface area contributed by atoms with Gasteiger partial charge in [0.1, 0.15) is 5.75 Å². The Balaban J connectivity index is 1.33. The third-order valence-corrected chi connectivity index (χ3v) is 10.5. The van der Waals surface area contributed by atoms with Gasteiger partial charge in [0.05, 0.1) is 37.2 Å². The van der Waals surface area contributed by atoms with Gasteiger partial charge in [-0.1, -0.05) is 24.1 Å². The number of aryl methyl sites for hydroxylation is 1. The van der Waals surface area contributed by atoms with E-state index in [4.69, 9.17) is 25.8 Å². The van der Waals surface area contributed by atoms with E-state index in [0.717, 1.165) is 87.3 Å². The SMILES string of the molecule is COC(=O)c1ccc2c(c1)N(C[C@@H]1CC[C@H]1[C@@H](OC)[C@@H]1CCC[C@H](O)C1)CC1(CCCc3cc(Cl)ccc31)CO2. The summed E-state index contributed by atoms with van der Waals surface area (Å²) in [5.74, 6) is 1.83. The lowest BCUT2D eigenvalue weighted by molar-refractivity contribution is -0.0721. The molecular formula is C33H42ClNO5. The number of anilines is 1. The number of fused-ring (bicyclic) bond motifs is 3. The maximum absolute atomic E-state index is 12.5. The number of ether oxygens (including phenoxy) is 3. The molecule has 1 heterocycles. The highest BCUT2D eigenvalue weighted by atomic mass is 35.5. The maximum atomic E-state index is 12.5. The highest BCUT2D eigenvalue weighted by Crippen LogP contribution is 2.48. The average Bonchev–Trinajstić information content (AvgIpc) is 3.10. The molecule has 6 nitrogen and oxygen atoms in total. The van der Waals surface area contributed by atoms with Crippen LogP contribution >= 0.6 is 11.6 Å². The van der Waals surface area contributed by atoms with Crippen LogP contribution in [0.2, 0.25) is 5.02 Å². The van der Waals surface area contributed by atoms with Crippen molar-refractivity contribution in [2.24, 2.45) is 17.8 Å². The Hall–Kier alpha value is -2.28. The van der Waals surface area contributed by atoms with Crippen LogP contribution in [0.25, 0.3) is 0 Å². The van der Waals surface area contributed by atoms with Crippen molar-refractivity contribution >= 4 is 23.3 Å². The van der Waals surface area contributed by atoms with E-state index < -0.39 is 0 Å². The van der Waals surface area contributed by atoms with Gasteiger partial charge in [0.15, 0.2) is 0 Å². The number of hydrogen-bond donors (Lipinski definition) is 1. The molecule has 2 saturated carbocycles. The summed E-state index contributed by atoms with van der Waals surface area (Å²) in [6.45, 7) is 2.30. The van der Waals surface area contributed by atoms with Crippen molar-refractivity contribution in [2.75, 3.05) is 38.8 Å². The Morgan fingerprint density at radius 3 is 2.77 bits per heavy atom. The van der Waals surface area contributed by atoms with Crippen molar-refractivity contribution in [3.63, 3.8) is 0 Å². The van der Waals surface area contributed by atoms with Crippen LogP contribution in [0.1, 0.15) is 72.9 Å². The zero-order chi connectivity index (χ0) is 27.9. The first-order valence-corrected chi connectivity index (χ1v) is 15.4. The molecule has 1 aliphatic heterocycles. The van der Waals surface area contributed by atoms with Gasteiger partial charge >= 0.3 is 5.97 Å². The summed E-state index contributed by atoms with van der Waals surface area (Å²) in [6, 6.07) is 12.0. The number of hydrogen-bond acceptors (Lipinski definition) is 6. The number of aliphatic hydroxyl groups excluding tert-OH is 1. The highest BCUT2D eigenvalue weighted by Gasteiger charge is 2.46. The number of halogens is 1. The minimum Gasteiger partial charge on any atom is -0.490 e. The number of esters is 1. The molecule has 1 N–H and O–H groups in total. The molecule has 6 atom stereocenters. The Bertz CT molecular complexity index is 1240. The van der Waals surface area contributed by atoms with Crippen LogP contribution in [0.4, 0.5) is 5.69 Å². The summed E-state index contributed by atoms with van der Waals surface area (Å²) in [6.07, 6.45) is 9.39. The van der Waals surface area contributed by atoms with Crippen molar-refractivity contribution < 1.29 is 24.1 Å². The maximum Gasteiger partial charge on any atom is 0.337 e. The van der Waals surface area contributed by atoms with Gasteiger partial charge < -0.3 is 24.2 Å². The van der Waals surface area contributed by atoms with Crippen molar-refractivity contribution in [2.45, 2.75) is 75.4 Å². The van der Waals surface area contributed by atoms with Crippen molar-refractivity contribution in [1.29, 1.82) is 0 Å². The van der Waals surface area contributed by atoms with Gasteiger partial charge in [-0.15, -0.1) is 0 Å². The van der Waals surface area contributed by atoms with E-state index in [0.29, 0.717) is 29.9 Å². The predicted molar refractivity (Wildman–Crippen MR) is 157 cm³/mol. The lowest BCUT2D eigenvalue weighted by atomic mass is 9.65. The second-order valence-corrected chi connectivity index (χ2v) is 13.0. The molecule has 4 aliphatic rings. The molecule has 1 unspecified atom stereocenters. The number of nitrogens with zero attached hydrogens (tertiary/aromatic N) is 1. The average molecular weight is 568 g/mol. The lowest BCUT2D eigenvalue weighted by Crippen LogP contribution is -2.51. The first kappa shape index (κ1) is 27.9. The van der Waals surface area contributed by atoms with Crippen LogP contribution in [0.5, 0.6) is 5.75 Å². The molecule has 2 aromatic carbocycles. The van der Waals surface area contributed by atoms with Gasteiger partial charge in [0, 0.05) is 30.6 Å². The van der Waals surface area contributed by atoms with E-state index in [1.165, 1.54) is 18.2 Å². The predicted octanol–water partition coefficient (Wildman–Crippen LogP) is 6.19. The minimum absolute atomic E-state index is 0.157. The smallest absolute Gasteiger partial charge is 0.337 e. The van der Waals surface area contributed by atoms with Crippen molar-refractivity contribution in [3.8, 4) is 5.75 Å². The van der Waals surface area contributed by atoms with Crippen LogP contribution in [0, 0.1) is 17.8 Å². The number of benzene rings is 2. The summed E-state index contributed by atoms with van der Waals surface area (Å²) in [7, 11) is 3.27.